The van der Waals surface area contributed by atoms with Gasteiger partial charge in [-0.05, 0) is 12.0 Å². The van der Waals surface area contributed by atoms with Crippen LogP contribution in [0.3, 0.4) is 0 Å². The molecule has 0 N–H and O–H groups in total. The lowest BCUT2D eigenvalue weighted by Crippen LogP contribution is -2.25. The first-order valence-corrected chi connectivity index (χ1v) is 4.97. The van der Waals surface area contributed by atoms with E-state index < -0.39 is 0 Å². The average Bonchev–Trinajstić information content (AvgIpc) is 2.61. The zero-order chi connectivity index (χ0) is 9.97. The Morgan fingerprint density at radius 3 is 3.07 bits per heavy atom. The molecule has 2 rings (SSSR count). The summed E-state index contributed by atoms with van der Waals surface area (Å²) in [6.45, 7) is 0.666. The third kappa shape index (κ3) is 1.70. The maximum absolute atomic E-state index is 11.6. The van der Waals surface area contributed by atoms with E-state index in [1.165, 1.54) is 6.33 Å². The monoisotopic (exact) mass is 211 g/mol. The first-order valence-electron chi connectivity index (χ1n) is 4.43. The Balaban J connectivity index is 2.17. The van der Waals surface area contributed by atoms with Crippen LogP contribution in [0.2, 0.25) is 0 Å². The van der Waals surface area contributed by atoms with Gasteiger partial charge in [0.05, 0.1) is 0 Å². The van der Waals surface area contributed by atoms with E-state index in [9.17, 15) is 4.79 Å². The fraction of sp³-hybridized carbons (Fsp3) is 0.444. The SMILES string of the molecule is O=C1CC(CCl)CN1c1ccncn1. The van der Waals surface area contributed by atoms with Gasteiger partial charge in [0.1, 0.15) is 12.1 Å². The third-order valence-electron chi connectivity index (χ3n) is 2.27. The van der Waals surface area contributed by atoms with E-state index in [0.29, 0.717) is 24.7 Å². The quantitative estimate of drug-likeness (QED) is 0.688. The van der Waals surface area contributed by atoms with Crippen molar-refractivity contribution in [1.29, 1.82) is 0 Å². The van der Waals surface area contributed by atoms with E-state index in [1.807, 2.05) is 0 Å². The van der Waals surface area contributed by atoms with Crippen LogP contribution in [0.15, 0.2) is 18.6 Å². The van der Waals surface area contributed by atoms with Crippen molar-refractivity contribution in [3.05, 3.63) is 18.6 Å². The maximum atomic E-state index is 11.6. The van der Waals surface area contributed by atoms with Gasteiger partial charge in [-0.1, -0.05) is 0 Å². The lowest BCUT2D eigenvalue weighted by atomic mass is 10.2. The minimum Gasteiger partial charge on any atom is -0.296 e. The van der Waals surface area contributed by atoms with E-state index in [0.717, 1.165) is 0 Å². The summed E-state index contributed by atoms with van der Waals surface area (Å²) in [5, 5.41) is 0. The zero-order valence-electron chi connectivity index (χ0n) is 7.56. The van der Waals surface area contributed by atoms with E-state index in [1.54, 1.807) is 17.2 Å². The van der Waals surface area contributed by atoms with Crippen LogP contribution < -0.4 is 4.90 Å². The van der Waals surface area contributed by atoms with E-state index in [-0.39, 0.29) is 11.8 Å². The second-order valence-electron chi connectivity index (χ2n) is 3.30. The summed E-state index contributed by atoms with van der Waals surface area (Å²) >= 11 is 5.71. The summed E-state index contributed by atoms with van der Waals surface area (Å²) in [6.07, 6.45) is 3.59. The molecule has 1 unspecified atom stereocenters. The van der Waals surface area contributed by atoms with Crippen LogP contribution in [0.1, 0.15) is 6.42 Å². The van der Waals surface area contributed by atoms with Gasteiger partial charge in [0.25, 0.3) is 0 Å². The van der Waals surface area contributed by atoms with Gasteiger partial charge in [0, 0.05) is 25.0 Å². The van der Waals surface area contributed by atoms with Crippen LogP contribution in [0, 0.1) is 5.92 Å². The normalized spacial score (nSPS) is 21.6. The number of amides is 1. The minimum absolute atomic E-state index is 0.0920. The van der Waals surface area contributed by atoms with Crippen molar-refractivity contribution in [3.63, 3.8) is 0 Å². The predicted molar refractivity (Wildman–Crippen MR) is 53.2 cm³/mol. The molecule has 1 fully saturated rings. The Morgan fingerprint density at radius 1 is 1.64 bits per heavy atom. The summed E-state index contributed by atoms with van der Waals surface area (Å²) in [5.74, 6) is 1.53. The van der Waals surface area contributed by atoms with Crippen LogP contribution in [0.25, 0.3) is 0 Å². The predicted octanol–water partition coefficient (Wildman–Crippen LogP) is 1.07. The number of hydrogen-bond donors (Lipinski definition) is 0. The number of rotatable bonds is 2. The molecule has 1 aromatic heterocycles. The van der Waals surface area contributed by atoms with Gasteiger partial charge < -0.3 is 0 Å². The van der Waals surface area contributed by atoms with Crippen LogP contribution in [-0.2, 0) is 4.79 Å². The highest BCUT2D eigenvalue weighted by Gasteiger charge is 2.30. The average molecular weight is 212 g/mol. The number of carbonyl (C=O) groups excluding carboxylic acids is 1. The van der Waals surface area contributed by atoms with E-state index in [2.05, 4.69) is 9.97 Å². The van der Waals surface area contributed by atoms with Gasteiger partial charge in [-0.25, -0.2) is 9.97 Å². The molecule has 0 bridgehead atoms. The van der Waals surface area contributed by atoms with Crippen LogP contribution in [0.4, 0.5) is 5.82 Å². The molecule has 0 radical (unpaired) electrons. The molecule has 1 amide bonds. The van der Waals surface area contributed by atoms with Gasteiger partial charge in [-0.15, -0.1) is 11.6 Å². The third-order valence-corrected chi connectivity index (χ3v) is 2.70. The van der Waals surface area contributed by atoms with Crippen molar-refractivity contribution in [1.82, 2.24) is 9.97 Å². The second kappa shape index (κ2) is 3.92. The Kier molecular flexibility index (Phi) is 2.63. The molecule has 0 spiro atoms. The van der Waals surface area contributed by atoms with Crippen molar-refractivity contribution < 1.29 is 4.79 Å². The molecule has 1 atom stereocenters. The van der Waals surface area contributed by atoms with E-state index >= 15 is 0 Å². The van der Waals surface area contributed by atoms with Crippen molar-refractivity contribution in [2.75, 3.05) is 17.3 Å². The Hall–Kier alpha value is -1.16. The van der Waals surface area contributed by atoms with Crippen molar-refractivity contribution >= 4 is 23.3 Å². The molecule has 4 nitrogen and oxygen atoms in total. The lowest BCUT2D eigenvalue weighted by molar-refractivity contribution is -0.117. The minimum atomic E-state index is 0.0920. The maximum Gasteiger partial charge on any atom is 0.228 e. The summed E-state index contributed by atoms with van der Waals surface area (Å²) < 4.78 is 0. The van der Waals surface area contributed by atoms with Crippen molar-refractivity contribution in [2.24, 2.45) is 5.92 Å². The number of hydrogen-bond acceptors (Lipinski definition) is 3. The highest BCUT2D eigenvalue weighted by atomic mass is 35.5. The molecule has 0 aromatic carbocycles. The number of aromatic nitrogens is 2. The molecule has 1 aliphatic heterocycles. The van der Waals surface area contributed by atoms with Crippen LogP contribution in [0.5, 0.6) is 0 Å². The zero-order valence-corrected chi connectivity index (χ0v) is 8.31. The van der Waals surface area contributed by atoms with Crippen LogP contribution >= 0.6 is 11.6 Å². The van der Waals surface area contributed by atoms with Gasteiger partial charge in [-0.2, -0.15) is 0 Å². The first kappa shape index (κ1) is 9.40. The smallest absolute Gasteiger partial charge is 0.228 e. The fourth-order valence-corrected chi connectivity index (χ4v) is 1.76. The molecule has 1 aromatic rings. The Labute approximate surface area is 86.9 Å². The number of nitrogens with zero attached hydrogens (tertiary/aromatic N) is 3. The summed E-state index contributed by atoms with van der Waals surface area (Å²) in [7, 11) is 0. The largest absolute Gasteiger partial charge is 0.296 e. The molecular formula is C9H10ClN3O. The summed E-state index contributed by atoms with van der Waals surface area (Å²) in [4.78, 5) is 21.0. The highest BCUT2D eigenvalue weighted by molar-refractivity contribution is 6.18. The molecule has 1 aliphatic rings. The molecule has 0 saturated carbocycles. The highest BCUT2D eigenvalue weighted by Crippen LogP contribution is 2.23. The Morgan fingerprint density at radius 2 is 2.50 bits per heavy atom. The summed E-state index contributed by atoms with van der Waals surface area (Å²) in [6, 6.07) is 1.73. The molecule has 74 valence electrons. The topological polar surface area (TPSA) is 46.1 Å². The van der Waals surface area contributed by atoms with Crippen molar-refractivity contribution in [3.8, 4) is 0 Å². The van der Waals surface area contributed by atoms with Gasteiger partial charge in [-0.3, -0.25) is 9.69 Å². The standard InChI is InChI=1S/C9H10ClN3O/c10-4-7-3-9(14)13(5-7)8-1-2-11-6-12-8/h1-2,6-7H,3-5H2. The van der Waals surface area contributed by atoms with Gasteiger partial charge in [0.2, 0.25) is 5.91 Å². The second-order valence-corrected chi connectivity index (χ2v) is 3.60. The van der Waals surface area contributed by atoms with E-state index in [4.69, 9.17) is 11.6 Å². The molecule has 1 saturated heterocycles. The van der Waals surface area contributed by atoms with Gasteiger partial charge in [0.15, 0.2) is 0 Å². The number of alkyl halides is 1. The van der Waals surface area contributed by atoms with Gasteiger partial charge >= 0.3 is 0 Å². The molecule has 2 heterocycles. The Bertz CT molecular complexity index is 330. The number of halogens is 1. The fourth-order valence-electron chi connectivity index (χ4n) is 1.55. The lowest BCUT2D eigenvalue weighted by Gasteiger charge is -2.13. The number of anilines is 1. The van der Waals surface area contributed by atoms with Crippen LogP contribution in [-0.4, -0.2) is 28.3 Å². The molecule has 0 aliphatic carbocycles. The molecular weight excluding hydrogens is 202 g/mol. The summed E-state index contributed by atoms with van der Waals surface area (Å²) in [5.41, 5.74) is 0. The molecule has 5 heteroatoms. The van der Waals surface area contributed by atoms with Crippen molar-refractivity contribution in [2.45, 2.75) is 6.42 Å². The first-order chi connectivity index (χ1) is 6.81. The number of carbonyl (C=O) groups is 1. The molecule has 14 heavy (non-hydrogen) atoms.